The second-order valence-corrected chi connectivity index (χ2v) is 8.38. The summed E-state index contributed by atoms with van der Waals surface area (Å²) in [5.74, 6) is 0. The maximum atomic E-state index is 13.3. The van der Waals surface area contributed by atoms with Crippen molar-refractivity contribution in [2.24, 2.45) is 0 Å². The van der Waals surface area contributed by atoms with Gasteiger partial charge in [0.05, 0.1) is 17.2 Å². The van der Waals surface area contributed by atoms with Gasteiger partial charge >= 0.3 is 0 Å². The van der Waals surface area contributed by atoms with Gasteiger partial charge < -0.3 is 0 Å². The first-order chi connectivity index (χ1) is 12.7. The van der Waals surface area contributed by atoms with Crippen LogP contribution in [0.2, 0.25) is 0 Å². The van der Waals surface area contributed by atoms with Crippen molar-refractivity contribution in [3.63, 3.8) is 0 Å². The van der Waals surface area contributed by atoms with Gasteiger partial charge in [-0.1, -0.05) is 66.7 Å². The van der Waals surface area contributed by atoms with E-state index in [-0.39, 0.29) is 6.61 Å². The molecule has 0 saturated carbocycles. The molecule has 0 aliphatic carbocycles. The summed E-state index contributed by atoms with van der Waals surface area (Å²) in [5.41, 5.74) is 1.76. The second-order valence-electron chi connectivity index (χ2n) is 6.21. The Morgan fingerprint density at radius 2 is 1.31 bits per heavy atom. The molecule has 0 aromatic heterocycles. The Morgan fingerprint density at radius 3 is 1.92 bits per heavy atom. The van der Waals surface area contributed by atoms with E-state index in [2.05, 4.69) is 0 Å². The fourth-order valence-corrected chi connectivity index (χ4v) is 5.06. The summed E-state index contributed by atoms with van der Waals surface area (Å²) in [5, 5.41) is 1.04. The van der Waals surface area contributed by atoms with Crippen molar-refractivity contribution in [3.05, 3.63) is 96.6 Å². The molecule has 0 spiro atoms. The molecule has 1 aliphatic rings. The molecule has 1 aliphatic heterocycles. The fraction of sp³-hybridized carbons (Fsp3) is 0.143. The highest BCUT2D eigenvalue weighted by molar-refractivity contribution is 7.92. The Balaban J connectivity index is 1.80. The molecule has 0 radical (unpaired) electrons. The number of benzene rings is 3. The van der Waals surface area contributed by atoms with Gasteiger partial charge in [-0.05, 0) is 29.8 Å². The number of rotatable bonds is 4. The number of hydrogen-bond acceptors (Lipinski definition) is 4. The number of anilines is 1. The molecule has 2 unspecified atom stereocenters. The quantitative estimate of drug-likeness (QED) is 0.701. The summed E-state index contributed by atoms with van der Waals surface area (Å²) >= 11 is 0. The minimum atomic E-state index is -3.54. The van der Waals surface area contributed by atoms with Gasteiger partial charge in [-0.15, -0.1) is 0 Å². The minimum Gasteiger partial charge on any atom is -0.271 e. The van der Waals surface area contributed by atoms with E-state index in [4.69, 9.17) is 4.84 Å². The van der Waals surface area contributed by atoms with Gasteiger partial charge in [0.15, 0.2) is 9.84 Å². The zero-order valence-corrected chi connectivity index (χ0v) is 14.9. The van der Waals surface area contributed by atoms with E-state index in [1.54, 1.807) is 29.3 Å². The Bertz CT molecular complexity index is 960. The van der Waals surface area contributed by atoms with Crippen molar-refractivity contribution in [1.82, 2.24) is 0 Å². The molecule has 132 valence electrons. The van der Waals surface area contributed by atoms with Crippen molar-refractivity contribution in [2.75, 3.05) is 11.7 Å². The highest BCUT2D eigenvalue weighted by Gasteiger charge is 2.45. The third kappa shape index (κ3) is 3.00. The highest BCUT2D eigenvalue weighted by atomic mass is 32.2. The van der Waals surface area contributed by atoms with Crippen molar-refractivity contribution >= 4 is 15.5 Å². The molecular weight excluding hydrogens is 346 g/mol. The third-order valence-corrected chi connectivity index (χ3v) is 6.73. The van der Waals surface area contributed by atoms with Gasteiger partial charge in [0.25, 0.3) is 0 Å². The summed E-state index contributed by atoms with van der Waals surface area (Å²) in [6.45, 7) is 0.117. The monoisotopic (exact) mass is 365 g/mol. The van der Waals surface area contributed by atoms with Gasteiger partial charge in [0.1, 0.15) is 11.3 Å². The smallest absolute Gasteiger partial charge is 0.186 e. The van der Waals surface area contributed by atoms with Crippen LogP contribution < -0.4 is 5.06 Å². The van der Waals surface area contributed by atoms with E-state index in [1.165, 1.54) is 0 Å². The number of nitrogens with zero attached hydrogens (tertiary/aromatic N) is 1. The molecule has 1 heterocycles. The summed E-state index contributed by atoms with van der Waals surface area (Å²) < 4.78 is 26.6. The lowest BCUT2D eigenvalue weighted by atomic mass is 10.0. The first kappa shape index (κ1) is 16.8. The number of hydroxylamine groups is 1. The number of hydrogen-bond donors (Lipinski definition) is 0. The largest absolute Gasteiger partial charge is 0.271 e. The van der Waals surface area contributed by atoms with Crippen LogP contribution in [0.5, 0.6) is 0 Å². The van der Waals surface area contributed by atoms with Crippen LogP contribution in [-0.2, 0) is 14.7 Å². The summed E-state index contributed by atoms with van der Waals surface area (Å²) in [7, 11) is -3.54. The Kier molecular flexibility index (Phi) is 4.49. The van der Waals surface area contributed by atoms with Crippen LogP contribution in [0.1, 0.15) is 11.6 Å². The summed E-state index contributed by atoms with van der Waals surface area (Å²) in [4.78, 5) is 6.20. The normalized spacial score (nSPS) is 20.2. The first-order valence-electron chi connectivity index (χ1n) is 8.49. The topological polar surface area (TPSA) is 46.6 Å². The van der Waals surface area contributed by atoms with E-state index in [1.807, 2.05) is 66.7 Å². The molecule has 3 aromatic rings. The molecule has 5 heteroatoms. The van der Waals surface area contributed by atoms with Gasteiger partial charge in [0.2, 0.25) is 0 Å². The standard InChI is InChI=1S/C21H19NO3S/c23-26(24,19-14-8-3-9-15-19)20-16-25-22(18-12-6-2-7-13-18)21(20)17-10-4-1-5-11-17/h1-15,20-21H,16H2. The predicted octanol–water partition coefficient (Wildman–Crippen LogP) is 4.02. The van der Waals surface area contributed by atoms with Crippen molar-refractivity contribution in [3.8, 4) is 0 Å². The summed E-state index contributed by atoms with van der Waals surface area (Å²) in [6.07, 6.45) is 0. The predicted molar refractivity (Wildman–Crippen MR) is 101 cm³/mol. The van der Waals surface area contributed by atoms with Gasteiger partial charge in [-0.3, -0.25) is 4.84 Å². The van der Waals surface area contributed by atoms with Crippen LogP contribution in [0.3, 0.4) is 0 Å². The van der Waals surface area contributed by atoms with Crippen LogP contribution in [0.4, 0.5) is 5.69 Å². The van der Waals surface area contributed by atoms with Crippen molar-refractivity contribution < 1.29 is 13.3 Å². The van der Waals surface area contributed by atoms with Crippen molar-refractivity contribution in [2.45, 2.75) is 16.2 Å². The molecule has 1 saturated heterocycles. The van der Waals surface area contributed by atoms with E-state index >= 15 is 0 Å². The first-order valence-corrected chi connectivity index (χ1v) is 10.0. The minimum absolute atomic E-state index is 0.117. The van der Waals surface area contributed by atoms with E-state index in [0.29, 0.717) is 4.90 Å². The Morgan fingerprint density at radius 1 is 0.769 bits per heavy atom. The van der Waals surface area contributed by atoms with Crippen LogP contribution in [0.15, 0.2) is 95.9 Å². The highest BCUT2D eigenvalue weighted by Crippen LogP contribution is 2.40. The second kappa shape index (κ2) is 6.94. The van der Waals surface area contributed by atoms with Crippen LogP contribution >= 0.6 is 0 Å². The van der Waals surface area contributed by atoms with Crippen LogP contribution in [0, 0.1) is 0 Å². The Labute approximate surface area is 153 Å². The maximum absolute atomic E-state index is 13.3. The SMILES string of the molecule is O=S(=O)(c1ccccc1)C1CON(c2ccccc2)C1c1ccccc1. The maximum Gasteiger partial charge on any atom is 0.186 e. The van der Waals surface area contributed by atoms with E-state index in [9.17, 15) is 8.42 Å². The molecule has 0 amide bonds. The van der Waals surface area contributed by atoms with Gasteiger partial charge in [-0.2, -0.15) is 0 Å². The molecule has 4 rings (SSSR count). The lowest BCUT2D eigenvalue weighted by Crippen LogP contribution is -2.32. The molecule has 3 aromatic carbocycles. The van der Waals surface area contributed by atoms with Gasteiger partial charge in [-0.25, -0.2) is 13.5 Å². The molecule has 0 N–H and O–H groups in total. The van der Waals surface area contributed by atoms with E-state index in [0.717, 1.165) is 11.3 Å². The van der Waals surface area contributed by atoms with Crippen LogP contribution in [-0.4, -0.2) is 20.3 Å². The lowest BCUT2D eigenvalue weighted by molar-refractivity contribution is 0.159. The molecule has 26 heavy (non-hydrogen) atoms. The average Bonchev–Trinajstić information content (AvgIpc) is 3.16. The van der Waals surface area contributed by atoms with Gasteiger partial charge in [0, 0.05) is 0 Å². The molecule has 2 atom stereocenters. The average molecular weight is 365 g/mol. The zero-order valence-electron chi connectivity index (χ0n) is 14.1. The fourth-order valence-electron chi connectivity index (χ4n) is 3.33. The molecule has 4 nitrogen and oxygen atoms in total. The van der Waals surface area contributed by atoms with Crippen LogP contribution in [0.25, 0.3) is 0 Å². The molecule has 0 bridgehead atoms. The Hall–Kier alpha value is -2.63. The molecule has 1 fully saturated rings. The third-order valence-electron chi connectivity index (χ3n) is 4.60. The number of para-hydroxylation sites is 1. The van der Waals surface area contributed by atoms with E-state index < -0.39 is 21.1 Å². The lowest BCUT2D eigenvalue weighted by Gasteiger charge is -2.27. The zero-order chi connectivity index (χ0) is 18.0. The van der Waals surface area contributed by atoms with Crippen molar-refractivity contribution in [1.29, 1.82) is 0 Å². The summed E-state index contributed by atoms with van der Waals surface area (Å²) in [6, 6.07) is 27.4. The number of sulfone groups is 1. The molecular formula is C21H19NO3S.